The van der Waals surface area contributed by atoms with Crippen molar-refractivity contribution in [1.82, 2.24) is 0 Å². The Morgan fingerprint density at radius 3 is 2.57 bits per heavy atom. The lowest BCUT2D eigenvalue weighted by atomic mass is 9.90. The molecule has 3 heteroatoms. The number of allylic oxidation sites excluding steroid dienone is 3. The van der Waals surface area contributed by atoms with Gasteiger partial charge >= 0.3 is 0 Å². The molecule has 0 saturated heterocycles. The smallest absolute Gasteiger partial charge is 0.227 e. The Morgan fingerprint density at radius 2 is 1.96 bits per heavy atom. The van der Waals surface area contributed by atoms with E-state index in [1.54, 1.807) is 12.2 Å². The number of phenolic OH excluding ortho intramolecular Hbond substituents is 1. The molecule has 1 aromatic rings. The number of rotatable bonds is 6. The maximum absolute atomic E-state index is 12.4. The average Bonchev–Trinajstić information content (AvgIpc) is 2.50. The molecule has 0 aliphatic carbocycles. The number of fused-ring (bicyclic) bond motifs is 1. The van der Waals surface area contributed by atoms with Gasteiger partial charge in [0.25, 0.3) is 0 Å². The third kappa shape index (κ3) is 3.55. The van der Waals surface area contributed by atoms with Gasteiger partial charge in [0.15, 0.2) is 0 Å². The Morgan fingerprint density at radius 1 is 1.26 bits per heavy atom. The Hall–Kier alpha value is -2.29. The molecule has 1 aliphatic heterocycles. The maximum atomic E-state index is 12.4. The van der Waals surface area contributed by atoms with E-state index in [1.165, 1.54) is 5.57 Å². The van der Waals surface area contributed by atoms with E-state index in [1.807, 2.05) is 24.8 Å². The lowest BCUT2D eigenvalue weighted by Gasteiger charge is -2.31. The molecule has 122 valence electrons. The van der Waals surface area contributed by atoms with E-state index >= 15 is 0 Å². The van der Waals surface area contributed by atoms with Gasteiger partial charge in [-0.05, 0) is 50.3 Å². The second-order valence-electron chi connectivity index (χ2n) is 6.13. The highest BCUT2D eigenvalue weighted by Gasteiger charge is 2.27. The first kappa shape index (κ1) is 17.1. The third-order valence-electron chi connectivity index (χ3n) is 4.15. The summed E-state index contributed by atoms with van der Waals surface area (Å²) in [5.41, 5.74) is 4.88. The van der Waals surface area contributed by atoms with Crippen molar-refractivity contribution in [2.45, 2.75) is 39.5 Å². The van der Waals surface area contributed by atoms with Gasteiger partial charge in [-0.15, -0.1) is 13.2 Å². The highest BCUT2D eigenvalue weighted by Crippen LogP contribution is 2.38. The summed E-state index contributed by atoms with van der Waals surface area (Å²) < 4.78 is 0. The van der Waals surface area contributed by atoms with Gasteiger partial charge in [-0.1, -0.05) is 23.8 Å². The van der Waals surface area contributed by atoms with Gasteiger partial charge in [-0.25, -0.2) is 0 Å². The van der Waals surface area contributed by atoms with Crippen LogP contribution in [0.4, 0.5) is 5.69 Å². The number of carbonyl (C=O) groups is 1. The zero-order chi connectivity index (χ0) is 17.0. The second kappa shape index (κ2) is 7.32. The van der Waals surface area contributed by atoms with Crippen LogP contribution in [0.5, 0.6) is 5.75 Å². The van der Waals surface area contributed by atoms with Gasteiger partial charge in [0.1, 0.15) is 5.75 Å². The minimum Gasteiger partial charge on any atom is -0.507 e. The molecule has 1 heterocycles. The number of carbonyl (C=O) groups excluding carboxylic acids is 1. The van der Waals surface area contributed by atoms with E-state index in [0.29, 0.717) is 38.0 Å². The van der Waals surface area contributed by atoms with Crippen LogP contribution in [0.25, 0.3) is 0 Å². The van der Waals surface area contributed by atoms with E-state index in [9.17, 15) is 9.90 Å². The van der Waals surface area contributed by atoms with Gasteiger partial charge < -0.3 is 10.0 Å². The van der Waals surface area contributed by atoms with Gasteiger partial charge in [-0.2, -0.15) is 0 Å². The van der Waals surface area contributed by atoms with Crippen LogP contribution >= 0.6 is 0 Å². The molecule has 0 saturated carbocycles. The summed E-state index contributed by atoms with van der Waals surface area (Å²) in [5, 5.41) is 10.6. The molecule has 0 bridgehead atoms. The van der Waals surface area contributed by atoms with Crippen molar-refractivity contribution in [3.8, 4) is 5.75 Å². The fourth-order valence-electron chi connectivity index (χ4n) is 2.98. The maximum Gasteiger partial charge on any atom is 0.227 e. The summed E-state index contributed by atoms with van der Waals surface area (Å²) in [6.45, 7) is 12.2. The first-order valence-corrected chi connectivity index (χ1v) is 8.01. The highest BCUT2D eigenvalue weighted by molar-refractivity contribution is 5.97. The second-order valence-corrected chi connectivity index (χ2v) is 6.13. The lowest BCUT2D eigenvalue weighted by molar-refractivity contribution is -0.118. The van der Waals surface area contributed by atoms with E-state index in [4.69, 9.17) is 0 Å². The van der Waals surface area contributed by atoms with E-state index < -0.39 is 0 Å². The monoisotopic (exact) mass is 311 g/mol. The molecule has 1 aliphatic rings. The van der Waals surface area contributed by atoms with E-state index in [-0.39, 0.29) is 5.91 Å². The molecular formula is C20H25NO2. The van der Waals surface area contributed by atoms with Crippen molar-refractivity contribution >= 4 is 11.6 Å². The van der Waals surface area contributed by atoms with Crippen LogP contribution in [0, 0.1) is 0 Å². The molecule has 0 unspecified atom stereocenters. The van der Waals surface area contributed by atoms with Crippen LogP contribution in [-0.4, -0.2) is 17.6 Å². The van der Waals surface area contributed by atoms with Crippen molar-refractivity contribution in [2.24, 2.45) is 0 Å². The molecule has 1 N–H and O–H groups in total. The molecule has 1 aromatic carbocycles. The fourth-order valence-corrected chi connectivity index (χ4v) is 2.98. The van der Waals surface area contributed by atoms with Crippen LogP contribution in [0.15, 0.2) is 43.0 Å². The van der Waals surface area contributed by atoms with Gasteiger partial charge in [0.05, 0.1) is 0 Å². The number of benzene rings is 1. The Labute approximate surface area is 138 Å². The molecule has 0 spiro atoms. The van der Waals surface area contributed by atoms with E-state index in [0.717, 1.165) is 22.4 Å². The number of phenols is 1. The molecule has 3 nitrogen and oxygen atoms in total. The van der Waals surface area contributed by atoms with Gasteiger partial charge in [-0.3, -0.25) is 4.79 Å². The molecule has 0 fully saturated rings. The van der Waals surface area contributed by atoms with Crippen LogP contribution in [-0.2, 0) is 24.1 Å². The number of aromatic hydroxyl groups is 1. The number of nitrogens with zero attached hydrogens (tertiary/aromatic N) is 1. The molecule has 0 radical (unpaired) electrons. The first-order chi connectivity index (χ1) is 11.0. The van der Waals surface area contributed by atoms with Crippen molar-refractivity contribution in [1.29, 1.82) is 0 Å². The topological polar surface area (TPSA) is 40.5 Å². The fraction of sp³-hybridized carbons (Fsp3) is 0.350. The molecule has 1 amide bonds. The summed E-state index contributed by atoms with van der Waals surface area (Å²) in [7, 11) is 0. The molecule has 0 atom stereocenters. The summed E-state index contributed by atoms with van der Waals surface area (Å²) in [6.07, 6.45) is 7.95. The van der Waals surface area contributed by atoms with Gasteiger partial charge in [0, 0.05) is 24.2 Å². The average molecular weight is 311 g/mol. The predicted molar refractivity (Wildman–Crippen MR) is 96.0 cm³/mol. The predicted octanol–water partition coefficient (Wildman–Crippen LogP) is 4.09. The number of amides is 1. The van der Waals surface area contributed by atoms with Crippen molar-refractivity contribution in [2.75, 3.05) is 11.4 Å². The summed E-state index contributed by atoms with van der Waals surface area (Å²) in [5.74, 6) is 0.454. The zero-order valence-corrected chi connectivity index (χ0v) is 14.1. The zero-order valence-electron chi connectivity index (χ0n) is 14.1. The lowest BCUT2D eigenvalue weighted by Crippen LogP contribution is -2.36. The van der Waals surface area contributed by atoms with Crippen molar-refractivity contribution in [3.63, 3.8) is 0 Å². The standard InChI is InChI=1S/C20H25NO2/c1-5-7-15-13-18-16(17(8-6-2)20(15)23)9-10-19(22)21(18)12-11-14(3)4/h5-6,11,13,23H,1-2,7-10,12H2,3-4H3. The minimum absolute atomic E-state index is 0.134. The molecule has 23 heavy (non-hydrogen) atoms. The molecule has 2 rings (SSSR count). The first-order valence-electron chi connectivity index (χ1n) is 8.01. The summed E-state index contributed by atoms with van der Waals surface area (Å²) in [4.78, 5) is 14.2. The quantitative estimate of drug-likeness (QED) is 0.804. The Bertz CT molecular complexity index is 667. The SMILES string of the molecule is C=CCc1cc2c(c(CC=C)c1O)CCC(=O)N2CC=C(C)C. The van der Waals surface area contributed by atoms with Crippen LogP contribution in [0.1, 0.15) is 37.0 Å². The largest absolute Gasteiger partial charge is 0.507 e. The van der Waals surface area contributed by atoms with Crippen molar-refractivity contribution < 1.29 is 9.90 Å². The van der Waals surface area contributed by atoms with Gasteiger partial charge in [0.2, 0.25) is 5.91 Å². The number of hydrogen-bond donors (Lipinski definition) is 1. The van der Waals surface area contributed by atoms with Crippen LogP contribution < -0.4 is 4.90 Å². The molecule has 0 aromatic heterocycles. The summed E-state index contributed by atoms with van der Waals surface area (Å²) in [6, 6.07) is 1.94. The Kier molecular flexibility index (Phi) is 5.43. The van der Waals surface area contributed by atoms with E-state index in [2.05, 4.69) is 19.2 Å². The molecular weight excluding hydrogens is 286 g/mol. The normalized spacial score (nSPS) is 13.5. The number of anilines is 1. The highest BCUT2D eigenvalue weighted by atomic mass is 16.3. The summed E-state index contributed by atoms with van der Waals surface area (Å²) >= 11 is 0. The third-order valence-corrected chi connectivity index (χ3v) is 4.15. The van der Waals surface area contributed by atoms with Crippen LogP contribution in [0.3, 0.4) is 0 Å². The number of hydrogen-bond acceptors (Lipinski definition) is 2. The Balaban J connectivity index is 2.59. The minimum atomic E-state index is 0.134. The van der Waals surface area contributed by atoms with Crippen molar-refractivity contribution in [3.05, 3.63) is 59.7 Å². The van der Waals surface area contributed by atoms with Crippen LogP contribution in [0.2, 0.25) is 0 Å².